The Kier molecular flexibility index (Phi) is 3.02. The summed E-state index contributed by atoms with van der Waals surface area (Å²) in [5.74, 6) is 0.344. The van der Waals surface area contributed by atoms with Crippen LogP contribution in [-0.2, 0) is 0 Å². The zero-order chi connectivity index (χ0) is 8.97. The van der Waals surface area contributed by atoms with Crippen LogP contribution >= 0.6 is 0 Å². The normalized spacial score (nSPS) is 23.0. The molecule has 3 heteroatoms. The molecule has 0 fully saturated rings. The summed E-state index contributed by atoms with van der Waals surface area (Å²) in [5, 5.41) is 10.4. The number of rotatable bonds is 3. The highest BCUT2D eigenvalue weighted by atomic mass is 16.6. The van der Waals surface area contributed by atoms with E-state index in [0.29, 0.717) is 18.0 Å². The largest absolute Gasteiger partial charge is 0.259 e. The van der Waals surface area contributed by atoms with Crippen molar-refractivity contribution in [2.75, 3.05) is 0 Å². The van der Waals surface area contributed by atoms with Gasteiger partial charge in [0.2, 0.25) is 5.70 Å². The van der Waals surface area contributed by atoms with E-state index in [1.807, 2.05) is 6.08 Å². The van der Waals surface area contributed by atoms with Gasteiger partial charge in [0.05, 0.1) is 4.92 Å². The molecule has 1 rings (SSSR count). The molecule has 0 saturated carbocycles. The summed E-state index contributed by atoms with van der Waals surface area (Å²) >= 11 is 0. The van der Waals surface area contributed by atoms with Gasteiger partial charge in [-0.15, -0.1) is 6.58 Å². The predicted molar refractivity (Wildman–Crippen MR) is 47.2 cm³/mol. The molecule has 0 saturated heterocycles. The van der Waals surface area contributed by atoms with E-state index in [9.17, 15) is 10.1 Å². The van der Waals surface area contributed by atoms with E-state index >= 15 is 0 Å². The molecule has 0 amide bonds. The van der Waals surface area contributed by atoms with E-state index in [1.54, 1.807) is 6.08 Å². The Morgan fingerprint density at radius 1 is 1.83 bits per heavy atom. The maximum atomic E-state index is 10.4. The first-order valence-corrected chi connectivity index (χ1v) is 4.20. The van der Waals surface area contributed by atoms with E-state index in [0.717, 1.165) is 19.3 Å². The first-order valence-electron chi connectivity index (χ1n) is 4.20. The molecule has 1 atom stereocenters. The van der Waals surface area contributed by atoms with Crippen molar-refractivity contribution in [1.29, 1.82) is 0 Å². The molecule has 0 radical (unpaired) electrons. The standard InChI is InChI=1S/C9H13NO2/c1-2-4-8-5-3-6-9(7-8)10(11)12/h2,7-8H,1,3-6H2. The SMILES string of the molecule is C=CCC1C=C([N+](=O)[O-])CCC1. The highest BCUT2D eigenvalue weighted by Crippen LogP contribution is 2.25. The van der Waals surface area contributed by atoms with Crippen LogP contribution in [-0.4, -0.2) is 4.92 Å². The van der Waals surface area contributed by atoms with Crippen molar-refractivity contribution in [3.8, 4) is 0 Å². The lowest BCUT2D eigenvalue weighted by molar-refractivity contribution is -0.429. The van der Waals surface area contributed by atoms with Crippen LogP contribution < -0.4 is 0 Å². The number of allylic oxidation sites excluding steroid dienone is 3. The van der Waals surface area contributed by atoms with Crippen molar-refractivity contribution in [3.05, 3.63) is 34.5 Å². The molecular formula is C9H13NO2. The summed E-state index contributed by atoms with van der Waals surface area (Å²) in [7, 11) is 0. The molecule has 3 nitrogen and oxygen atoms in total. The Labute approximate surface area is 71.9 Å². The van der Waals surface area contributed by atoms with Crippen molar-refractivity contribution in [1.82, 2.24) is 0 Å². The molecule has 0 aliphatic heterocycles. The third kappa shape index (κ3) is 2.19. The van der Waals surface area contributed by atoms with Crippen molar-refractivity contribution in [2.24, 2.45) is 5.92 Å². The summed E-state index contributed by atoms with van der Waals surface area (Å²) in [6, 6.07) is 0. The second-order valence-corrected chi connectivity index (χ2v) is 3.09. The zero-order valence-electron chi connectivity index (χ0n) is 7.03. The molecule has 0 bridgehead atoms. The van der Waals surface area contributed by atoms with Gasteiger partial charge in [0.1, 0.15) is 0 Å². The lowest BCUT2D eigenvalue weighted by atomic mass is 9.91. The average molecular weight is 167 g/mol. The Balaban J connectivity index is 2.62. The Hall–Kier alpha value is -1.12. The van der Waals surface area contributed by atoms with Crippen LogP contribution in [0.15, 0.2) is 24.4 Å². The van der Waals surface area contributed by atoms with Gasteiger partial charge < -0.3 is 0 Å². The maximum absolute atomic E-state index is 10.4. The fourth-order valence-corrected chi connectivity index (χ4v) is 1.54. The number of hydrogen-bond donors (Lipinski definition) is 0. The van der Waals surface area contributed by atoms with Gasteiger partial charge in [-0.1, -0.05) is 6.08 Å². The van der Waals surface area contributed by atoms with Crippen LogP contribution in [0.5, 0.6) is 0 Å². The molecule has 1 aliphatic carbocycles. The van der Waals surface area contributed by atoms with E-state index in [4.69, 9.17) is 0 Å². The molecule has 0 heterocycles. The van der Waals surface area contributed by atoms with Crippen LogP contribution in [0.3, 0.4) is 0 Å². The minimum atomic E-state index is -0.269. The molecule has 66 valence electrons. The van der Waals surface area contributed by atoms with Crippen molar-refractivity contribution < 1.29 is 4.92 Å². The number of nitro groups is 1. The van der Waals surface area contributed by atoms with Crippen LogP contribution in [0.1, 0.15) is 25.7 Å². The quantitative estimate of drug-likeness (QED) is 0.368. The predicted octanol–water partition coefficient (Wildman–Crippen LogP) is 2.52. The first kappa shape index (κ1) is 8.97. The summed E-state index contributed by atoms with van der Waals surface area (Å²) in [6.45, 7) is 3.63. The molecule has 0 aromatic rings. The molecule has 0 N–H and O–H groups in total. The van der Waals surface area contributed by atoms with Crippen molar-refractivity contribution >= 4 is 0 Å². The van der Waals surface area contributed by atoms with Gasteiger partial charge in [-0.25, -0.2) is 0 Å². The fraction of sp³-hybridized carbons (Fsp3) is 0.556. The molecule has 0 aromatic carbocycles. The molecule has 0 spiro atoms. The summed E-state index contributed by atoms with van der Waals surface area (Å²) in [6.07, 6.45) is 7.09. The number of nitrogens with zero attached hydrogens (tertiary/aromatic N) is 1. The highest BCUT2D eigenvalue weighted by molar-refractivity contribution is 5.01. The summed E-state index contributed by atoms with van der Waals surface area (Å²) in [5.41, 5.74) is 0.383. The third-order valence-corrected chi connectivity index (χ3v) is 2.14. The van der Waals surface area contributed by atoms with Gasteiger partial charge >= 0.3 is 0 Å². The minimum Gasteiger partial charge on any atom is -0.259 e. The fourth-order valence-electron chi connectivity index (χ4n) is 1.54. The molecule has 1 aliphatic rings. The van der Waals surface area contributed by atoms with Gasteiger partial charge in [-0.2, -0.15) is 0 Å². The first-order chi connectivity index (χ1) is 5.74. The second-order valence-electron chi connectivity index (χ2n) is 3.09. The van der Waals surface area contributed by atoms with Crippen LogP contribution in [0, 0.1) is 16.0 Å². The van der Waals surface area contributed by atoms with E-state index in [2.05, 4.69) is 6.58 Å². The monoisotopic (exact) mass is 167 g/mol. The van der Waals surface area contributed by atoms with E-state index in [1.165, 1.54) is 0 Å². The Morgan fingerprint density at radius 2 is 2.58 bits per heavy atom. The van der Waals surface area contributed by atoms with Gasteiger partial charge in [0.15, 0.2) is 0 Å². The topological polar surface area (TPSA) is 43.1 Å². The maximum Gasteiger partial charge on any atom is 0.242 e. The lowest BCUT2D eigenvalue weighted by Gasteiger charge is -2.14. The van der Waals surface area contributed by atoms with Gasteiger partial charge in [0, 0.05) is 6.42 Å². The van der Waals surface area contributed by atoms with Gasteiger partial charge in [-0.05, 0) is 31.3 Å². The van der Waals surface area contributed by atoms with Crippen LogP contribution in [0.25, 0.3) is 0 Å². The lowest BCUT2D eigenvalue weighted by Crippen LogP contribution is -2.09. The van der Waals surface area contributed by atoms with Gasteiger partial charge in [-0.3, -0.25) is 10.1 Å². The molecular weight excluding hydrogens is 154 g/mol. The Bertz CT molecular complexity index is 221. The Morgan fingerprint density at radius 3 is 3.17 bits per heavy atom. The van der Waals surface area contributed by atoms with Crippen molar-refractivity contribution in [3.63, 3.8) is 0 Å². The van der Waals surface area contributed by atoms with E-state index < -0.39 is 0 Å². The smallest absolute Gasteiger partial charge is 0.242 e. The summed E-state index contributed by atoms with van der Waals surface area (Å²) < 4.78 is 0. The van der Waals surface area contributed by atoms with Crippen LogP contribution in [0.2, 0.25) is 0 Å². The van der Waals surface area contributed by atoms with E-state index in [-0.39, 0.29) is 4.92 Å². The van der Waals surface area contributed by atoms with Gasteiger partial charge in [0.25, 0.3) is 0 Å². The summed E-state index contributed by atoms with van der Waals surface area (Å²) in [4.78, 5) is 10.1. The average Bonchev–Trinajstić information content (AvgIpc) is 2.05. The number of hydrogen-bond acceptors (Lipinski definition) is 2. The molecule has 0 aromatic heterocycles. The highest BCUT2D eigenvalue weighted by Gasteiger charge is 2.19. The molecule has 1 unspecified atom stereocenters. The van der Waals surface area contributed by atoms with Crippen LogP contribution in [0.4, 0.5) is 0 Å². The minimum absolute atomic E-state index is 0.269. The molecule has 12 heavy (non-hydrogen) atoms. The zero-order valence-corrected chi connectivity index (χ0v) is 7.03. The van der Waals surface area contributed by atoms with Crippen molar-refractivity contribution in [2.45, 2.75) is 25.7 Å². The second kappa shape index (κ2) is 4.04. The third-order valence-electron chi connectivity index (χ3n) is 2.14.